The number of oxime groups is 1. The molecule has 422 valence electrons. The predicted octanol–water partition coefficient (Wildman–Crippen LogP) is 12.8. The van der Waals surface area contributed by atoms with E-state index >= 15 is 4.79 Å². The molecule has 19 heteroatoms. The van der Waals surface area contributed by atoms with Gasteiger partial charge in [0, 0.05) is 23.1 Å². The van der Waals surface area contributed by atoms with E-state index in [-0.39, 0.29) is 21.6 Å². The fourth-order valence-corrected chi connectivity index (χ4v) is 12.3. The Hall–Kier alpha value is -9.36. The number of anilines is 1. The molecule has 3 heterocycles. The molecule has 2 atom stereocenters. The van der Waals surface area contributed by atoms with Crippen molar-refractivity contribution in [2.45, 2.75) is 47.7 Å². The summed E-state index contributed by atoms with van der Waals surface area (Å²) in [5.41, 5.74) is -4.88. The summed E-state index contributed by atoms with van der Waals surface area (Å²) in [5, 5.41) is 11.4. The van der Waals surface area contributed by atoms with E-state index in [4.69, 9.17) is 31.3 Å². The van der Waals surface area contributed by atoms with E-state index < -0.39 is 86.3 Å². The summed E-state index contributed by atoms with van der Waals surface area (Å²) < 4.78 is 78.0. The van der Waals surface area contributed by atoms with Gasteiger partial charge in [0.25, 0.3) is 11.8 Å². The first-order valence-electron chi connectivity index (χ1n) is 26.4. The molecule has 0 radical (unpaired) electrons. The minimum absolute atomic E-state index is 0.0194. The first kappa shape index (κ1) is 56.5. The van der Waals surface area contributed by atoms with Gasteiger partial charge >= 0.3 is 21.6 Å². The van der Waals surface area contributed by atoms with Gasteiger partial charge in [0.05, 0.1) is 6.04 Å². The molecule has 0 spiro atoms. The number of hydrogen-bond acceptors (Lipinski definition) is 12. The molecule has 1 saturated heterocycles. The van der Waals surface area contributed by atoms with Crippen LogP contribution in [0.5, 0.6) is 0 Å². The summed E-state index contributed by atoms with van der Waals surface area (Å²) in [5.74, 6) is -4.39. The summed E-state index contributed by atoms with van der Waals surface area (Å²) in [4.78, 5) is 57.6. The number of hydrogen-bond donors (Lipinski definition) is 2. The number of halogens is 4. The summed E-state index contributed by atoms with van der Waals surface area (Å²) in [6, 6.07) is 70.9. The van der Waals surface area contributed by atoms with Gasteiger partial charge in [-0.05, 0) is 34.2 Å². The van der Waals surface area contributed by atoms with E-state index in [0.29, 0.717) is 27.8 Å². The van der Waals surface area contributed by atoms with Crippen LogP contribution in [0, 0.1) is 0 Å². The Kier molecular flexibility index (Phi) is 16.0. The van der Waals surface area contributed by atoms with Crippen molar-refractivity contribution in [2.24, 2.45) is 5.16 Å². The number of alkyl halides is 3. The van der Waals surface area contributed by atoms with Crippen molar-refractivity contribution in [3.63, 3.8) is 0 Å². The van der Waals surface area contributed by atoms with Crippen LogP contribution in [0.15, 0.2) is 259 Å². The van der Waals surface area contributed by atoms with Gasteiger partial charge in [0.2, 0.25) is 5.60 Å². The van der Waals surface area contributed by atoms with Gasteiger partial charge in [0.15, 0.2) is 28.4 Å². The van der Waals surface area contributed by atoms with Gasteiger partial charge in [-0.3, -0.25) is 14.5 Å². The smallest absolute Gasteiger partial charge is 0.448 e. The van der Waals surface area contributed by atoms with E-state index in [2.05, 4.69) is 14.8 Å². The molecule has 8 aromatic carbocycles. The Balaban J connectivity index is 1.01. The van der Waals surface area contributed by atoms with E-state index in [1.807, 2.05) is 182 Å². The molecule has 2 aliphatic heterocycles. The van der Waals surface area contributed by atoms with E-state index in [9.17, 15) is 31.2 Å². The fraction of sp³-hybridized carbons (Fsp3) is 0.123. The van der Waals surface area contributed by atoms with Crippen molar-refractivity contribution in [2.75, 3.05) is 5.32 Å². The van der Waals surface area contributed by atoms with Gasteiger partial charge in [-0.1, -0.05) is 271 Å². The highest BCUT2D eigenvalue weighted by molar-refractivity contribution is 7.87. The van der Waals surface area contributed by atoms with Crippen LogP contribution in [0.3, 0.4) is 0 Å². The minimum Gasteiger partial charge on any atom is -0.448 e. The molecule has 2 N–H and O–H groups in total. The number of β-lactam (4-membered cyclic amide) rings is 1. The quantitative estimate of drug-likeness (QED) is 0.0151. The first-order valence-corrected chi connectivity index (χ1v) is 29.0. The number of esters is 1. The van der Waals surface area contributed by atoms with E-state index in [1.54, 1.807) is 60.7 Å². The van der Waals surface area contributed by atoms with Crippen LogP contribution in [0.4, 0.5) is 18.3 Å². The number of aromatic nitrogens is 1. The molecular formula is C65H49ClF3N5O8S2. The molecule has 0 aliphatic carbocycles. The topological polar surface area (TPSA) is 166 Å². The van der Waals surface area contributed by atoms with Gasteiger partial charge in [-0.2, -0.15) is 21.6 Å². The summed E-state index contributed by atoms with van der Waals surface area (Å²) >= 11 is 8.30. The average molecular weight is 1180 g/mol. The van der Waals surface area contributed by atoms with Crippen LogP contribution < -0.4 is 10.6 Å². The highest BCUT2D eigenvalue weighted by Gasteiger charge is 2.57. The van der Waals surface area contributed by atoms with Crippen LogP contribution >= 0.6 is 22.9 Å². The number of ether oxygens (including phenoxy) is 1. The van der Waals surface area contributed by atoms with E-state index in [0.717, 1.165) is 32.9 Å². The average Bonchev–Trinajstić information content (AvgIpc) is 1.53. The van der Waals surface area contributed by atoms with Crippen LogP contribution in [-0.2, 0) is 49.4 Å². The molecule has 84 heavy (non-hydrogen) atoms. The lowest BCUT2D eigenvalue weighted by Crippen LogP contribution is -2.72. The fourth-order valence-electron chi connectivity index (χ4n) is 10.7. The van der Waals surface area contributed by atoms with Gasteiger partial charge in [-0.25, -0.2) is 9.78 Å². The maximum absolute atomic E-state index is 15.5. The maximum Gasteiger partial charge on any atom is 0.534 e. The van der Waals surface area contributed by atoms with E-state index in [1.165, 1.54) is 0 Å². The zero-order chi connectivity index (χ0) is 58.5. The van der Waals surface area contributed by atoms with Gasteiger partial charge < -0.3 is 24.4 Å². The normalized spacial score (nSPS) is 15.6. The van der Waals surface area contributed by atoms with Gasteiger partial charge in [0.1, 0.15) is 21.6 Å². The molecule has 1 aromatic heterocycles. The second kappa shape index (κ2) is 23.9. The zero-order valence-corrected chi connectivity index (χ0v) is 46.6. The minimum atomic E-state index is -6.37. The van der Waals surface area contributed by atoms with Crippen LogP contribution in [-0.4, -0.2) is 59.4 Å². The Morgan fingerprint density at radius 2 is 1.04 bits per heavy atom. The van der Waals surface area contributed by atoms with Crippen molar-refractivity contribution in [1.82, 2.24) is 15.2 Å². The van der Waals surface area contributed by atoms with Crippen molar-refractivity contribution < 1.29 is 49.7 Å². The lowest BCUT2D eigenvalue weighted by Gasteiger charge is -2.49. The Bertz CT molecular complexity index is 3750. The second-order valence-electron chi connectivity index (χ2n) is 19.6. The Labute approximate surface area is 490 Å². The Morgan fingerprint density at radius 3 is 1.45 bits per heavy atom. The highest BCUT2D eigenvalue weighted by Crippen LogP contribution is 2.45. The summed E-state index contributed by atoms with van der Waals surface area (Å²) in [6.07, 6.45) is -2.08. The number of fused-ring (bicyclic) bond motifs is 1. The largest absolute Gasteiger partial charge is 0.534 e. The maximum atomic E-state index is 15.5. The Morgan fingerprint density at radius 1 is 0.631 bits per heavy atom. The number of thiazole rings is 1. The highest BCUT2D eigenvalue weighted by atomic mass is 35.5. The third kappa shape index (κ3) is 10.9. The third-order valence-corrected chi connectivity index (χ3v) is 16.7. The molecule has 1 fully saturated rings. The number of nitrogens with one attached hydrogen (secondary N) is 2. The predicted molar refractivity (Wildman–Crippen MR) is 312 cm³/mol. The monoisotopic (exact) mass is 1180 g/mol. The molecule has 13 nitrogen and oxygen atoms in total. The lowest BCUT2D eigenvalue weighted by atomic mass is 9.77. The molecule has 2 aliphatic rings. The standard InChI is InChI=1S/C65H49ClF3N5O8S2/c66-58-54(71-62(83-58)72-63(45-29-13-3-14-30-45,46-31-15-4-16-32-46)47-33-17-5-18-34-47)55(73-82-64(48-35-19-6-20-36-48,49-37-21-7-22-38-49)50-39-23-8-24-40-50)59(75)70-53-51-41-42-52(81-84(78,79)65(67,68)69)56(74(51)60(53)76)61(77)80-57(43-25-9-1-10-26-43)44-27-11-2-12-28-44/h1-40,51,53,57H,41-42H2,(H,70,75)(H,71,72). The molecular weight excluding hydrogens is 1140 g/mol. The van der Waals surface area contributed by atoms with Crippen molar-refractivity contribution >= 4 is 61.7 Å². The first-order chi connectivity index (χ1) is 40.7. The summed E-state index contributed by atoms with van der Waals surface area (Å²) in [7, 11) is -6.37. The zero-order valence-electron chi connectivity index (χ0n) is 44.2. The van der Waals surface area contributed by atoms with Gasteiger partial charge in [-0.15, -0.1) is 0 Å². The number of nitrogens with zero attached hydrogens (tertiary/aromatic N) is 3. The number of rotatable bonds is 19. The number of carbonyl (C=O) groups is 3. The SMILES string of the molecule is O=C(NC1C(=O)N2C(C(=O)OC(c3ccccc3)c3ccccc3)=C(OS(=O)(=O)C(F)(F)F)CCC12)C(=NOC(c1ccccc1)(c1ccccc1)c1ccccc1)c1nc(NC(c2ccccc2)(c2ccccc2)c2ccccc2)sc1Cl. The molecule has 0 bridgehead atoms. The van der Waals surface area contributed by atoms with Crippen molar-refractivity contribution in [3.05, 3.63) is 309 Å². The third-order valence-electron chi connectivity index (χ3n) is 14.6. The van der Waals surface area contributed by atoms with Crippen molar-refractivity contribution in [3.8, 4) is 0 Å². The lowest BCUT2D eigenvalue weighted by molar-refractivity contribution is -0.159. The number of benzene rings is 8. The molecule has 0 saturated carbocycles. The molecule has 9 aromatic rings. The molecule has 2 unspecified atom stereocenters. The molecule has 11 rings (SSSR count). The number of carbonyl (C=O) groups excluding carboxylic acids is 3. The molecule has 2 amide bonds. The van der Waals surface area contributed by atoms with Crippen molar-refractivity contribution in [1.29, 1.82) is 0 Å². The number of allylic oxidation sites excluding steroid dienone is 1. The van der Waals surface area contributed by atoms with Crippen LogP contribution in [0.1, 0.15) is 69.1 Å². The number of amides is 2. The van der Waals surface area contributed by atoms with Crippen LogP contribution in [0.2, 0.25) is 4.34 Å². The second-order valence-corrected chi connectivity index (χ2v) is 22.7. The van der Waals surface area contributed by atoms with Crippen LogP contribution in [0.25, 0.3) is 0 Å². The summed E-state index contributed by atoms with van der Waals surface area (Å²) in [6.45, 7) is 0.